The van der Waals surface area contributed by atoms with Gasteiger partial charge in [0.05, 0.1) is 6.10 Å². The molecule has 0 N–H and O–H groups in total. The zero-order valence-electron chi connectivity index (χ0n) is 15.3. The molecule has 1 aromatic carbocycles. The van der Waals surface area contributed by atoms with Crippen molar-refractivity contribution in [1.82, 2.24) is 4.90 Å². The van der Waals surface area contributed by atoms with Gasteiger partial charge in [0.25, 0.3) is 5.91 Å². The van der Waals surface area contributed by atoms with E-state index in [1.807, 2.05) is 29.2 Å². The van der Waals surface area contributed by atoms with E-state index in [0.29, 0.717) is 6.61 Å². The predicted octanol–water partition coefficient (Wildman–Crippen LogP) is 4.29. The molecule has 0 spiro atoms. The lowest BCUT2D eigenvalue weighted by molar-refractivity contribution is 0.0676. The number of amides is 1. The van der Waals surface area contributed by atoms with Crippen LogP contribution in [-0.2, 0) is 4.74 Å². The third-order valence-corrected chi connectivity index (χ3v) is 4.45. The molecule has 1 fully saturated rings. The first kappa shape index (κ1) is 18.8. The van der Waals surface area contributed by atoms with Gasteiger partial charge in [0, 0.05) is 24.8 Å². The molecule has 1 aliphatic heterocycles. The minimum Gasteiger partial charge on any atom is -0.491 e. The van der Waals surface area contributed by atoms with Gasteiger partial charge in [-0.05, 0) is 57.4 Å². The van der Waals surface area contributed by atoms with Gasteiger partial charge in [-0.3, -0.25) is 4.79 Å². The first-order valence-corrected chi connectivity index (χ1v) is 9.27. The quantitative estimate of drug-likeness (QED) is 0.633. The van der Waals surface area contributed by atoms with Gasteiger partial charge in [0.2, 0.25) is 0 Å². The normalized spacial score (nSPS) is 17.2. The molecular formula is C20H31NO3. The van der Waals surface area contributed by atoms with Crippen LogP contribution in [0.1, 0.15) is 63.2 Å². The maximum Gasteiger partial charge on any atom is 0.254 e. The molecule has 1 atom stereocenters. The number of nitrogens with zero attached hydrogens (tertiary/aromatic N) is 1. The minimum absolute atomic E-state index is 0.103. The van der Waals surface area contributed by atoms with Gasteiger partial charge in [-0.25, -0.2) is 0 Å². The third kappa shape index (κ3) is 5.52. The Morgan fingerprint density at radius 1 is 1.29 bits per heavy atom. The van der Waals surface area contributed by atoms with Crippen LogP contribution in [0.15, 0.2) is 24.3 Å². The fraction of sp³-hybridized carbons (Fsp3) is 0.650. The fourth-order valence-corrected chi connectivity index (χ4v) is 2.95. The van der Waals surface area contributed by atoms with Crippen LogP contribution in [-0.4, -0.2) is 42.7 Å². The van der Waals surface area contributed by atoms with Crippen LogP contribution in [0.25, 0.3) is 0 Å². The van der Waals surface area contributed by atoms with Crippen molar-refractivity contribution in [3.05, 3.63) is 29.8 Å². The van der Waals surface area contributed by atoms with Gasteiger partial charge < -0.3 is 14.4 Å². The Kier molecular flexibility index (Phi) is 7.57. The van der Waals surface area contributed by atoms with Crippen LogP contribution in [0.2, 0.25) is 0 Å². The molecule has 1 amide bonds. The number of benzene rings is 1. The van der Waals surface area contributed by atoms with E-state index in [-0.39, 0.29) is 18.1 Å². The maximum atomic E-state index is 12.7. The summed E-state index contributed by atoms with van der Waals surface area (Å²) >= 11 is 0. The highest BCUT2D eigenvalue weighted by molar-refractivity contribution is 5.94. The van der Waals surface area contributed by atoms with Gasteiger partial charge >= 0.3 is 0 Å². The summed E-state index contributed by atoms with van der Waals surface area (Å²) in [5.74, 6) is 0.899. The highest BCUT2D eigenvalue weighted by Gasteiger charge is 2.19. The molecule has 1 heterocycles. The van der Waals surface area contributed by atoms with Gasteiger partial charge in [0.15, 0.2) is 0 Å². The molecule has 1 unspecified atom stereocenters. The SMILES string of the molecule is CCCCCN(C(=O)c1ccc(OCC2CCCO2)cc1)C(C)C. The molecule has 1 aliphatic rings. The lowest BCUT2D eigenvalue weighted by atomic mass is 10.1. The average Bonchev–Trinajstić information content (AvgIpc) is 3.10. The molecule has 24 heavy (non-hydrogen) atoms. The molecule has 0 bridgehead atoms. The van der Waals surface area contributed by atoms with Crippen LogP contribution in [0.4, 0.5) is 0 Å². The largest absolute Gasteiger partial charge is 0.491 e. The number of carbonyl (C=O) groups excluding carboxylic acids is 1. The number of hydrogen-bond acceptors (Lipinski definition) is 3. The minimum atomic E-state index is 0.103. The van der Waals surface area contributed by atoms with Crippen molar-refractivity contribution in [2.24, 2.45) is 0 Å². The Bertz CT molecular complexity index is 492. The Hall–Kier alpha value is -1.55. The summed E-state index contributed by atoms with van der Waals surface area (Å²) in [6, 6.07) is 7.70. The van der Waals surface area contributed by atoms with Crippen molar-refractivity contribution in [3.63, 3.8) is 0 Å². The summed E-state index contributed by atoms with van der Waals surface area (Å²) in [4.78, 5) is 14.7. The first-order chi connectivity index (χ1) is 11.6. The average molecular weight is 333 g/mol. The molecule has 4 nitrogen and oxygen atoms in total. The van der Waals surface area contributed by atoms with Gasteiger partial charge in [-0.15, -0.1) is 0 Å². The highest BCUT2D eigenvalue weighted by atomic mass is 16.5. The molecule has 2 rings (SSSR count). The number of rotatable bonds is 9. The number of carbonyl (C=O) groups is 1. The molecule has 1 aromatic rings. The number of hydrogen-bond donors (Lipinski definition) is 0. The summed E-state index contributed by atoms with van der Waals surface area (Å²) in [5, 5.41) is 0. The molecule has 0 saturated carbocycles. The zero-order valence-corrected chi connectivity index (χ0v) is 15.3. The van der Waals surface area contributed by atoms with E-state index < -0.39 is 0 Å². The van der Waals surface area contributed by atoms with Crippen molar-refractivity contribution >= 4 is 5.91 Å². The molecule has 0 aliphatic carbocycles. The Balaban J connectivity index is 1.90. The summed E-state index contributed by atoms with van der Waals surface area (Å²) in [5.41, 5.74) is 0.727. The molecule has 134 valence electrons. The lowest BCUT2D eigenvalue weighted by Crippen LogP contribution is -2.37. The first-order valence-electron chi connectivity index (χ1n) is 9.27. The topological polar surface area (TPSA) is 38.8 Å². The Morgan fingerprint density at radius 3 is 2.62 bits per heavy atom. The number of ether oxygens (including phenoxy) is 2. The maximum absolute atomic E-state index is 12.7. The second kappa shape index (κ2) is 9.67. The van der Waals surface area contributed by atoms with E-state index in [0.717, 1.165) is 56.6 Å². The van der Waals surface area contributed by atoms with E-state index in [2.05, 4.69) is 20.8 Å². The predicted molar refractivity (Wildman–Crippen MR) is 96.6 cm³/mol. The van der Waals surface area contributed by atoms with Crippen molar-refractivity contribution < 1.29 is 14.3 Å². The second-order valence-corrected chi connectivity index (χ2v) is 6.77. The summed E-state index contributed by atoms with van der Waals surface area (Å²) in [6.45, 7) is 8.57. The summed E-state index contributed by atoms with van der Waals surface area (Å²) in [6.07, 6.45) is 5.77. The zero-order chi connectivity index (χ0) is 17.4. The van der Waals surface area contributed by atoms with Crippen molar-refractivity contribution in [3.8, 4) is 5.75 Å². The lowest BCUT2D eigenvalue weighted by Gasteiger charge is -2.27. The van der Waals surface area contributed by atoms with Crippen LogP contribution in [0.5, 0.6) is 5.75 Å². The van der Waals surface area contributed by atoms with Crippen molar-refractivity contribution in [2.45, 2.75) is 65.0 Å². The van der Waals surface area contributed by atoms with Gasteiger partial charge in [0.1, 0.15) is 12.4 Å². The van der Waals surface area contributed by atoms with Crippen LogP contribution in [0.3, 0.4) is 0 Å². The van der Waals surface area contributed by atoms with Gasteiger partial charge in [-0.2, -0.15) is 0 Å². The van der Waals surface area contributed by atoms with E-state index >= 15 is 0 Å². The summed E-state index contributed by atoms with van der Waals surface area (Å²) < 4.78 is 11.3. The standard InChI is InChI=1S/C20H31NO3/c1-4-5-6-13-21(16(2)3)20(22)17-9-11-18(12-10-17)24-15-19-8-7-14-23-19/h9-12,16,19H,4-8,13-15H2,1-3H3. The third-order valence-electron chi connectivity index (χ3n) is 4.45. The molecule has 1 saturated heterocycles. The monoisotopic (exact) mass is 333 g/mol. The molecule has 0 aromatic heterocycles. The summed E-state index contributed by atoms with van der Waals surface area (Å²) in [7, 11) is 0. The van der Waals surface area contributed by atoms with E-state index in [1.165, 1.54) is 0 Å². The van der Waals surface area contributed by atoms with E-state index in [1.54, 1.807) is 0 Å². The second-order valence-electron chi connectivity index (χ2n) is 6.77. The van der Waals surface area contributed by atoms with Crippen molar-refractivity contribution in [2.75, 3.05) is 19.8 Å². The smallest absolute Gasteiger partial charge is 0.254 e. The fourth-order valence-electron chi connectivity index (χ4n) is 2.95. The molecule has 0 radical (unpaired) electrons. The van der Waals surface area contributed by atoms with E-state index in [9.17, 15) is 4.79 Å². The Morgan fingerprint density at radius 2 is 2.04 bits per heavy atom. The molecular weight excluding hydrogens is 302 g/mol. The highest BCUT2D eigenvalue weighted by Crippen LogP contribution is 2.18. The van der Waals surface area contributed by atoms with Crippen LogP contribution >= 0.6 is 0 Å². The number of unbranched alkanes of at least 4 members (excludes halogenated alkanes) is 2. The molecule has 4 heteroatoms. The van der Waals surface area contributed by atoms with Crippen molar-refractivity contribution in [1.29, 1.82) is 0 Å². The van der Waals surface area contributed by atoms with Gasteiger partial charge in [-0.1, -0.05) is 19.8 Å². The Labute approximate surface area is 146 Å². The van der Waals surface area contributed by atoms with Crippen LogP contribution < -0.4 is 4.74 Å². The van der Waals surface area contributed by atoms with Crippen LogP contribution in [0, 0.1) is 0 Å². The van der Waals surface area contributed by atoms with E-state index in [4.69, 9.17) is 9.47 Å².